The Kier molecular flexibility index (Phi) is 5.56. The Balaban J connectivity index is 1.64. The maximum Gasteiger partial charge on any atom is 0.193 e. The molecule has 28 heavy (non-hydrogen) atoms. The summed E-state index contributed by atoms with van der Waals surface area (Å²) < 4.78 is 1.97. The first kappa shape index (κ1) is 18.9. The third-order valence-electron chi connectivity index (χ3n) is 4.61. The van der Waals surface area contributed by atoms with Gasteiger partial charge < -0.3 is 0 Å². The van der Waals surface area contributed by atoms with Gasteiger partial charge in [-0.25, -0.2) is 0 Å². The van der Waals surface area contributed by atoms with Gasteiger partial charge in [-0.3, -0.25) is 4.79 Å². The van der Waals surface area contributed by atoms with Gasteiger partial charge in [0.2, 0.25) is 0 Å². The summed E-state index contributed by atoms with van der Waals surface area (Å²) in [6.07, 6.45) is 0. The molecule has 0 fully saturated rings. The van der Waals surface area contributed by atoms with E-state index in [1.807, 2.05) is 66.7 Å². The van der Waals surface area contributed by atoms with Crippen LogP contribution in [0, 0.1) is 0 Å². The molecule has 0 aliphatic heterocycles. The van der Waals surface area contributed by atoms with E-state index in [1.54, 1.807) is 0 Å². The standard InChI is InChI=1S/C25H16Br2O/c26-22-8-4-7-21(16-22)25(28)18-13-11-17(12-14-18)19-5-3-6-20(15-19)23-9-1-2-10-24(23)27/h1-16H. The van der Waals surface area contributed by atoms with Crippen LogP contribution in [-0.2, 0) is 0 Å². The second-order valence-corrected chi connectivity index (χ2v) is 8.25. The maximum absolute atomic E-state index is 12.7. The van der Waals surface area contributed by atoms with Crippen LogP contribution in [-0.4, -0.2) is 5.78 Å². The molecule has 0 bridgehead atoms. The van der Waals surface area contributed by atoms with Gasteiger partial charge in [0.15, 0.2) is 5.78 Å². The third-order valence-corrected chi connectivity index (χ3v) is 5.80. The average Bonchev–Trinajstić information content (AvgIpc) is 2.74. The molecule has 4 aromatic carbocycles. The monoisotopic (exact) mass is 490 g/mol. The van der Waals surface area contributed by atoms with Crippen molar-refractivity contribution in [3.05, 3.63) is 117 Å². The minimum absolute atomic E-state index is 0.0230. The Morgan fingerprint density at radius 2 is 1.29 bits per heavy atom. The fourth-order valence-electron chi connectivity index (χ4n) is 3.17. The van der Waals surface area contributed by atoms with E-state index in [0.29, 0.717) is 11.1 Å². The van der Waals surface area contributed by atoms with Crippen LogP contribution in [0.1, 0.15) is 15.9 Å². The Hall–Kier alpha value is -2.49. The van der Waals surface area contributed by atoms with Gasteiger partial charge in [-0.1, -0.05) is 105 Å². The molecular formula is C25H16Br2O. The van der Waals surface area contributed by atoms with Gasteiger partial charge in [0, 0.05) is 20.1 Å². The Morgan fingerprint density at radius 1 is 0.571 bits per heavy atom. The molecule has 0 unspecified atom stereocenters. The van der Waals surface area contributed by atoms with E-state index in [-0.39, 0.29) is 5.78 Å². The van der Waals surface area contributed by atoms with Crippen molar-refractivity contribution in [2.75, 3.05) is 0 Å². The van der Waals surface area contributed by atoms with Gasteiger partial charge in [-0.2, -0.15) is 0 Å². The van der Waals surface area contributed by atoms with Crippen molar-refractivity contribution < 1.29 is 4.79 Å². The number of carbonyl (C=O) groups excluding carboxylic acids is 1. The lowest BCUT2D eigenvalue weighted by molar-refractivity contribution is 0.103. The van der Waals surface area contributed by atoms with Crippen LogP contribution in [0.15, 0.2) is 106 Å². The molecule has 0 saturated carbocycles. The van der Waals surface area contributed by atoms with Gasteiger partial charge >= 0.3 is 0 Å². The SMILES string of the molecule is O=C(c1ccc(-c2cccc(-c3ccccc3Br)c2)cc1)c1cccc(Br)c1. The fraction of sp³-hybridized carbons (Fsp3) is 0. The lowest BCUT2D eigenvalue weighted by Crippen LogP contribution is -2.00. The number of ketones is 1. The molecule has 0 spiro atoms. The van der Waals surface area contributed by atoms with Crippen LogP contribution in [0.2, 0.25) is 0 Å². The lowest BCUT2D eigenvalue weighted by atomic mass is 9.97. The molecule has 0 atom stereocenters. The summed E-state index contributed by atoms with van der Waals surface area (Å²) in [6, 6.07) is 31.9. The Morgan fingerprint density at radius 3 is 2.04 bits per heavy atom. The molecular weight excluding hydrogens is 476 g/mol. The summed E-state index contributed by atoms with van der Waals surface area (Å²) in [5, 5.41) is 0. The Labute approximate surface area is 181 Å². The topological polar surface area (TPSA) is 17.1 Å². The first-order chi connectivity index (χ1) is 13.6. The lowest BCUT2D eigenvalue weighted by Gasteiger charge is -2.09. The van der Waals surface area contributed by atoms with Crippen LogP contribution in [0.5, 0.6) is 0 Å². The summed E-state index contributed by atoms with van der Waals surface area (Å²) in [7, 11) is 0. The molecule has 136 valence electrons. The number of carbonyl (C=O) groups is 1. The molecule has 4 rings (SSSR count). The molecule has 0 aliphatic carbocycles. The maximum atomic E-state index is 12.7. The molecule has 0 aliphatic rings. The molecule has 3 heteroatoms. The third kappa shape index (κ3) is 4.01. The van der Waals surface area contributed by atoms with E-state index in [1.165, 1.54) is 0 Å². The smallest absolute Gasteiger partial charge is 0.193 e. The molecule has 0 N–H and O–H groups in total. The largest absolute Gasteiger partial charge is 0.289 e. The first-order valence-corrected chi connectivity index (χ1v) is 10.5. The normalized spacial score (nSPS) is 10.6. The van der Waals surface area contributed by atoms with Gasteiger partial charge in [0.1, 0.15) is 0 Å². The van der Waals surface area contributed by atoms with Crippen molar-refractivity contribution in [3.63, 3.8) is 0 Å². The number of hydrogen-bond donors (Lipinski definition) is 0. The van der Waals surface area contributed by atoms with Crippen molar-refractivity contribution in [1.82, 2.24) is 0 Å². The molecule has 0 radical (unpaired) electrons. The summed E-state index contributed by atoms with van der Waals surface area (Å²) in [4.78, 5) is 12.7. The minimum atomic E-state index is 0.0230. The predicted octanol–water partition coefficient (Wildman–Crippen LogP) is 7.78. The molecule has 1 nitrogen and oxygen atoms in total. The van der Waals surface area contributed by atoms with Crippen molar-refractivity contribution in [2.45, 2.75) is 0 Å². The van der Waals surface area contributed by atoms with Crippen molar-refractivity contribution >= 4 is 37.6 Å². The van der Waals surface area contributed by atoms with Gasteiger partial charge in [0.25, 0.3) is 0 Å². The highest BCUT2D eigenvalue weighted by molar-refractivity contribution is 9.10. The van der Waals surface area contributed by atoms with Crippen LogP contribution >= 0.6 is 31.9 Å². The van der Waals surface area contributed by atoms with Crippen molar-refractivity contribution in [1.29, 1.82) is 0 Å². The van der Waals surface area contributed by atoms with Crippen LogP contribution < -0.4 is 0 Å². The van der Waals surface area contributed by atoms with E-state index in [0.717, 1.165) is 31.2 Å². The summed E-state index contributed by atoms with van der Waals surface area (Å²) in [5.41, 5.74) is 5.88. The molecule has 4 aromatic rings. The number of halogens is 2. The highest BCUT2D eigenvalue weighted by atomic mass is 79.9. The number of benzene rings is 4. The van der Waals surface area contributed by atoms with Crippen molar-refractivity contribution in [3.8, 4) is 22.3 Å². The number of hydrogen-bond acceptors (Lipinski definition) is 1. The summed E-state index contributed by atoms with van der Waals surface area (Å²) in [5.74, 6) is 0.0230. The van der Waals surface area contributed by atoms with E-state index in [2.05, 4.69) is 62.2 Å². The summed E-state index contributed by atoms with van der Waals surface area (Å²) in [6.45, 7) is 0. The second-order valence-electron chi connectivity index (χ2n) is 6.48. The van der Waals surface area contributed by atoms with Crippen molar-refractivity contribution in [2.24, 2.45) is 0 Å². The van der Waals surface area contributed by atoms with Crippen LogP contribution in [0.25, 0.3) is 22.3 Å². The quantitative estimate of drug-likeness (QED) is 0.266. The van der Waals surface area contributed by atoms with E-state index >= 15 is 0 Å². The Bertz CT molecular complexity index is 1150. The zero-order valence-corrected chi connectivity index (χ0v) is 18.1. The molecule has 0 saturated heterocycles. The second kappa shape index (κ2) is 8.26. The zero-order chi connectivity index (χ0) is 19.5. The van der Waals surface area contributed by atoms with Gasteiger partial charge in [-0.15, -0.1) is 0 Å². The summed E-state index contributed by atoms with van der Waals surface area (Å²) >= 11 is 7.05. The van der Waals surface area contributed by atoms with Crippen LogP contribution in [0.4, 0.5) is 0 Å². The van der Waals surface area contributed by atoms with Gasteiger partial charge in [-0.05, 0) is 46.5 Å². The molecule has 0 aromatic heterocycles. The zero-order valence-electron chi connectivity index (χ0n) is 14.9. The van der Waals surface area contributed by atoms with Gasteiger partial charge in [0.05, 0.1) is 0 Å². The number of rotatable bonds is 4. The first-order valence-electron chi connectivity index (χ1n) is 8.87. The highest BCUT2D eigenvalue weighted by Gasteiger charge is 2.10. The van der Waals surface area contributed by atoms with E-state index in [4.69, 9.17) is 0 Å². The average molecular weight is 492 g/mol. The fourth-order valence-corrected chi connectivity index (χ4v) is 4.08. The minimum Gasteiger partial charge on any atom is -0.289 e. The van der Waals surface area contributed by atoms with E-state index in [9.17, 15) is 4.79 Å². The highest BCUT2D eigenvalue weighted by Crippen LogP contribution is 2.31. The molecule has 0 amide bonds. The molecule has 0 heterocycles. The van der Waals surface area contributed by atoms with E-state index < -0.39 is 0 Å². The predicted molar refractivity (Wildman–Crippen MR) is 123 cm³/mol. The van der Waals surface area contributed by atoms with Crippen LogP contribution in [0.3, 0.4) is 0 Å².